The van der Waals surface area contributed by atoms with Crippen molar-refractivity contribution in [1.82, 2.24) is 0 Å². The Morgan fingerprint density at radius 2 is 2.12 bits per heavy atom. The number of hydrogen-bond acceptors (Lipinski definition) is 3. The molecule has 0 fully saturated rings. The van der Waals surface area contributed by atoms with Crippen molar-refractivity contribution < 1.29 is 9.53 Å². The summed E-state index contributed by atoms with van der Waals surface area (Å²) in [5.41, 5.74) is 0.490. The largest absolute Gasteiger partial charge is 0.497 e. The van der Waals surface area contributed by atoms with Crippen molar-refractivity contribution in [1.29, 1.82) is 5.26 Å². The summed E-state index contributed by atoms with van der Waals surface area (Å²) in [6.45, 7) is 3.72. The Bertz CT molecular complexity index is 463. The van der Waals surface area contributed by atoms with E-state index in [4.69, 9.17) is 10.00 Å². The predicted octanol–water partition coefficient (Wildman–Crippen LogP) is 3.44. The highest BCUT2D eigenvalue weighted by Gasteiger charge is 2.25. The van der Waals surface area contributed by atoms with Gasteiger partial charge in [-0.25, -0.2) is 0 Å². The zero-order valence-electron chi connectivity index (χ0n) is 10.0. The van der Waals surface area contributed by atoms with Crippen LogP contribution in [0.15, 0.2) is 22.7 Å². The summed E-state index contributed by atoms with van der Waals surface area (Å²) >= 11 is 3.32. The highest BCUT2D eigenvalue weighted by atomic mass is 79.9. The Morgan fingerprint density at radius 3 is 2.59 bits per heavy atom. The van der Waals surface area contributed by atoms with Gasteiger partial charge in [0.05, 0.1) is 13.2 Å². The molecule has 0 aliphatic carbocycles. The zero-order valence-corrected chi connectivity index (χ0v) is 11.6. The van der Waals surface area contributed by atoms with Crippen molar-refractivity contribution in [3.8, 4) is 11.8 Å². The number of halogens is 1. The van der Waals surface area contributed by atoms with Gasteiger partial charge in [0.2, 0.25) is 0 Å². The predicted molar refractivity (Wildman–Crippen MR) is 69.0 cm³/mol. The lowest BCUT2D eigenvalue weighted by Gasteiger charge is -2.13. The molecule has 1 atom stereocenters. The summed E-state index contributed by atoms with van der Waals surface area (Å²) in [4.78, 5) is 12.2. The van der Waals surface area contributed by atoms with Gasteiger partial charge in [0, 0.05) is 10.0 Å². The molecule has 0 amide bonds. The van der Waals surface area contributed by atoms with E-state index in [-0.39, 0.29) is 11.7 Å². The van der Waals surface area contributed by atoms with E-state index in [9.17, 15) is 4.79 Å². The Balaban J connectivity index is 3.15. The van der Waals surface area contributed by atoms with E-state index >= 15 is 0 Å². The lowest BCUT2D eigenvalue weighted by molar-refractivity contribution is 0.0923. The van der Waals surface area contributed by atoms with Crippen molar-refractivity contribution in [3.05, 3.63) is 28.2 Å². The zero-order chi connectivity index (χ0) is 13.0. The third-order valence-electron chi connectivity index (χ3n) is 2.53. The molecule has 3 nitrogen and oxygen atoms in total. The minimum atomic E-state index is -0.626. The summed E-state index contributed by atoms with van der Waals surface area (Å²) in [5, 5.41) is 9.03. The number of hydrogen-bond donors (Lipinski definition) is 0. The van der Waals surface area contributed by atoms with E-state index in [1.165, 1.54) is 0 Å². The second kappa shape index (κ2) is 5.83. The van der Waals surface area contributed by atoms with E-state index in [0.29, 0.717) is 15.8 Å². The monoisotopic (exact) mass is 295 g/mol. The van der Waals surface area contributed by atoms with Crippen molar-refractivity contribution in [2.45, 2.75) is 13.8 Å². The molecule has 0 aliphatic rings. The topological polar surface area (TPSA) is 50.1 Å². The third-order valence-corrected chi connectivity index (χ3v) is 3.22. The van der Waals surface area contributed by atoms with Crippen LogP contribution >= 0.6 is 15.9 Å². The van der Waals surface area contributed by atoms with Crippen LogP contribution < -0.4 is 4.74 Å². The van der Waals surface area contributed by atoms with Crippen LogP contribution in [0.25, 0.3) is 0 Å². The van der Waals surface area contributed by atoms with Crippen LogP contribution in [0.4, 0.5) is 0 Å². The first kappa shape index (κ1) is 13.7. The molecule has 0 N–H and O–H groups in total. The van der Waals surface area contributed by atoms with Gasteiger partial charge >= 0.3 is 0 Å². The van der Waals surface area contributed by atoms with Gasteiger partial charge in [0.15, 0.2) is 5.78 Å². The van der Waals surface area contributed by atoms with E-state index in [1.54, 1.807) is 25.3 Å². The number of rotatable bonds is 4. The maximum absolute atomic E-state index is 12.2. The fraction of sp³-hybridized carbons (Fsp3) is 0.385. The van der Waals surface area contributed by atoms with E-state index in [2.05, 4.69) is 22.0 Å². The van der Waals surface area contributed by atoms with Crippen LogP contribution in [0.1, 0.15) is 24.2 Å². The number of carbonyl (C=O) groups is 1. The highest BCUT2D eigenvalue weighted by molar-refractivity contribution is 9.10. The van der Waals surface area contributed by atoms with Gasteiger partial charge in [0.25, 0.3) is 0 Å². The molecule has 17 heavy (non-hydrogen) atoms. The smallest absolute Gasteiger partial charge is 0.181 e. The lowest BCUT2D eigenvalue weighted by atomic mass is 9.89. The molecule has 0 spiro atoms. The van der Waals surface area contributed by atoms with Crippen molar-refractivity contribution >= 4 is 21.7 Å². The van der Waals surface area contributed by atoms with Gasteiger partial charge in [-0.2, -0.15) is 5.26 Å². The minimum Gasteiger partial charge on any atom is -0.497 e. The maximum atomic E-state index is 12.2. The third kappa shape index (κ3) is 3.07. The van der Waals surface area contributed by atoms with Gasteiger partial charge in [-0.05, 0) is 24.1 Å². The van der Waals surface area contributed by atoms with Gasteiger partial charge in [-0.1, -0.05) is 29.8 Å². The first-order valence-electron chi connectivity index (χ1n) is 5.28. The van der Waals surface area contributed by atoms with Gasteiger partial charge in [-0.3, -0.25) is 4.79 Å². The molecule has 1 aromatic carbocycles. The normalized spacial score (nSPS) is 12.0. The van der Waals surface area contributed by atoms with Crippen molar-refractivity contribution in [3.63, 3.8) is 0 Å². The average molecular weight is 296 g/mol. The highest BCUT2D eigenvalue weighted by Crippen LogP contribution is 2.26. The molecule has 0 saturated heterocycles. The molecule has 0 heterocycles. The first-order chi connectivity index (χ1) is 8.01. The van der Waals surface area contributed by atoms with Gasteiger partial charge in [-0.15, -0.1) is 0 Å². The average Bonchev–Trinajstić information content (AvgIpc) is 2.30. The van der Waals surface area contributed by atoms with Crippen LogP contribution in [0.5, 0.6) is 5.75 Å². The molecule has 0 saturated carbocycles. The van der Waals surface area contributed by atoms with Crippen LogP contribution in [0.3, 0.4) is 0 Å². The first-order valence-corrected chi connectivity index (χ1v) is 6.08. The summed E-state index contributed by atoms with van der Waals surface area (Å²) < 4.78 is 5.76. The second-order valence-electron chi connectivity index (χ2n) is 4.06. The molecule has 1 rings (SSSR count). The maximum Gasteiger partial charge on any atom is 0.181 e. The van der Waals surface area contributed by atoms with E-state index < -0.39 is 5.92 Å². The summed E-state index contributed by atoms with van der Waals surface area (Å²) in [5.74, 6) is -0.200. The number of ether oxygens (including phenoxy) is 1. The number of carbonyl (C=O) groups excluding carboxylic acids is 1. The Kier molecular flexibility index (Phi) is 4.71. The molecule has 0 aliphatic heterocycles. The standard InChI is InChI=1S/C13H14BrNO2/c1-8(2)11(7-15)13(16)10-6-9(17-3)4-5-12(10)14/h4-6,8,11H,1-3H3. The molecule has 0 aromatic heterocycles. The number of benzene rings is 1. The minimum absolute atomic E-state index is 0.00870. The Labute approximate surface area is 110 Å². The molecule has 0 bridgehead atoms. The summed E-state index contributed by atoms with van der Waals surface area (Å²) in [6.07, 6.45) is 0. The molecular weight excluding hydrogens is 282 g/mol. The number of nitriles is 1. The Hall–Kier alpha value is -1.34. The molecule has 90 valence electrons. The van der Waals surface area contributed by atoms with E-state index in [0.717, 1.165) is 0 Å². The summed E-state index contributed by atoms with van der Waals surface area (Å²) in [7, 11) is 1.54. The molecule has 0 radical (unpaired) electrons. The molecule has 4 heteroatoms. The second-order valence-corrected chi connectivity index (χ2v) is 4.92. The lowest BCUT2D eigenvalue weighted by Crippen LogP contribution is -2.19. The van der Waals surface area contributed by atoms with Crippen LogP contribution in [-0.2, 0) is 0 Å². The summed E-state index contributed by atoms with van der Waals surface area (Å²) in [6, 6.07) is 7.22. The van der Waals surface area contributed by atoms with Crippen molar-refractivity contribution in [2.24, 2.45) is 11.8 Å². The molecule has 1 unspecified atom stereocenters. The fourth-order valence-corrected chi connectivity index (χ4v) is 1.94. The Morgan fingerprint density at radius 1 is 1.47 bits per heavy atom. The van der Waals surface area contributed by atoms with Crippen LogP contribution in [0, 0.1) is 23.2 Å². The SMILES string of the molecule is COc1ccc(Br)c(C(=O)C(C#N)C(C)C)c1. The van der Waals surface area contributed by atoms with Gasteiger partial charge < -0.3 is 4.74 Å². The fourth-order valence-electron chi connectivity index (χ4n) is 1.50. The number of ketones is 1. The number of methoxy groups -OCH3 is 1. The molecule has 1 aromatic rings. The quantitative estimate of drug-likeness (QED) is 0.800. The van der Waals surface area contributed by atoms with Gasteiger partial charge in [0.1, 0.15) is 11.7 Å². The number of Topliss-reactive ketones (excluding diaryl/α,β-unsaturated/α-hetero) is 1. The van der Waals surface area contributed by atoms with Crippen molar-refractivity contribution in [2.75, 3.05) is 7.11 Å². The number of nitrogens with zero attached hydrogens (tertiary/aromatic N) is 1. The molecular formula is C13H14BrNO2. The van der Waals surface area contributed by atoms with Crippen LogP contribution in [-0.4, -0.2) is 12.9 Å². The van der Waals surface area contributed by atoms with Crippen LogP contribution in [0.2, 0.25) is 0 Å². The van der Waals surface area contributed by atoms with E-state index in [1.807, 2.05) is 13.8 Å².